The highest BCUT2D eigenvalue weighted by atomic mass is 79.9. The van der Waals surface area contributed by atoms with E-state index < -0.39 is 0 Å². The van der Waals surface area contributed by atoms with Gasteiger partial charge in [0.05, 0.1) is 0 Å². The molecule has 0 atom stereocenters. The van der Waals surface area contributed by atoms with E-state index in [1.165, 1.54) is 0 Å². The number of aromatic nitrogens is 1. The molecule has 0 N–H and O–H groups in total. The van der Waals surface area contributed by atoms with Gasteiger partial charge in [-0.15, -0.1) is 0 Å². The minimum absolute atomic E-state index is 0.278. The number of hydrogen-bond donors (Lipinski definition) is 0. The Morgan fingerprint density at radius 3 is 2.94 bits per heavy atom. The number of hydrogen-bond acceptors (Lipinski definition) is 3. The zero-order valence-electron chi connectivity index (χ0n) is 9.27. The average Bonchev–Trinajstić information content (AvgIpc) is 2.37. The van der Waals surface area contributed by atoms with Crippen molar-refractivity contribution in [3.05, 3.63) is 57.3 Å². The summed E-state index contributed by atoms with van der Waals surface area (Å²) in [5.74, 6) is 0.444. The van der Waals surface area contributed by atoms with Crippen molar-refractivity contribution in [2.24, 2.45) is 0 Å². The minimum Gasteiger partial charge on any atom is -0.486 e. The van der Waals surface area contributed by atoms with Crippen LogP contribution in [0, 0.1) is 0 Å². The molecule has 2 aromatic rings. The maximum atomic E-state index is 10.8. The van der Waals surface area contributed by atoms with Crippen LogP contribution in [0.15, 0.2) is 41.0 Å². The highest BCUT2D eigenvalue weighted by Gasteiger charge is 2.06. The lowest BCUT2D eigenvalue weighted by molar-refractivity contribution is 0.111. The SMILES string of the molecule is O=Cc1ncc(Br)cc1OCc1cccc(Cl)c1. The molecular formula is C13H9BrClNO2. The van der Waals surface area contributed by atoms with Gasteiger partial charge in [0.2, 0.25) is 0 Å². The van der Waals surface area contributed by atoms with E-state index in [0.717, 1.165) is 10.0 Å². The van der Waals surface area contributed by atoms with Crippen LogP contribution in [-0.4, -0.2) is 11.3 Å². The van der Waals surface area contributed by atoms with Crippen molar-refractivity contribution >= 4 is 33.8 Å². The molecule has 0 aliphatic heterocycles. The molecule has 1 aromatic carbocycles. The molecule has 5 heteroatoms. The summed E-state index contributed by atoms with van der Waals surface area (Å²) in [6, 6.07) is 9.07. The van der Waals surface area contributed by atoms with Gasteiger partial charge < -0.3 is 4.74 Å². The number of benzene rings is 1. The number of nitrogens with zero attached hydrogens (tertiary/aromatic N) is 1. The van der Waals surface area contributed by atoms with Crippen molar-refractivity contribution in [3.8, 4) is 5.75 Å². The van der Waals surface area contributed by atoms with E-state index in [0.29, 0.717) is 23.7 Å². The largest absolute Gasteiger partial charge is 0.486 e. The van der Waals surface area contributed by atoms with Gasteiger partial charge in [0.25, 0.3) is 0 Å². The molecule has 0 saturated heterocycles. The number of carbonyl (C=O) groups excluding carboxylic acids is 1. The Hall–Kier alpha value is -1.39. The van der Waals surface area contributed by atoms with Gasteiger partial charge in [-0.3, -0.25) is 4.79 Å². The van der Waals surface area contributed by atoms with Gasteiger partial charge in [0.1, 0.15) is 18.1 Å². The van der Waals surface area contributed by atoms with Crippen LogP contribution in [0.4, 0.5) is 0 Å². The topological polar surface area (TPSA) is 39.2 Å². The maximum Gasteiger partial charge on any atom is 0.172 e. The Balaban J connectivity index is 2.15. The number of ether oxygens (including phenoxy) is 1. The first-order valence-electron chi connectivity index (χ1n) is 5.17. The lowest BCUT2D eigenvalue weighted by atomic mass is 10.2. The van der Waals surface area contributed by atoms with Crippen LogP contribution in [0.5, 0.6) is 5.75 Å². The van der Waals surface area contributed by atoms with Gasteiger partial charge in [-0.1, -0.05) is 23.7 Å². The highest BCUT2D eigenvalue weighted by molar-refractivity contribution is 9.10. The Morgan fingerprint density at radius 2 is 2.22 bits per heavy atom. The van der Waals surface area contributed by atoms with Crippen molar-refractivity contribution in [2.45, 2.75) is 6.61 Å². The monoisotopic (exact) mass is 325 g/mol. The second kappa shape index (κ2) is 5.98. The predicted molar refractivity (Wildman–Crippen MR) is 73.1 cm³/mol. The summed E-state index contributed by atoms with van der Waals surface area (Å²) in [5, 5.41) is 0.652. The van der Waals surface area contributed by atoms with Crippen molar-refractivity contribution in [3.63, 3.8) is 0 Å². The molecule has 18 heavy (non-hydrogen) atoms. The van der Waals surface area contributed by atoms with Gasteiger partial charge in [0.15, 0.2) is 6.29 Å². The zero-order valence-corrected chi connectivity index (χ0v) is 11.6. The van der Waals surface area contributed by atoms with Gasteiger partial charge in [0, 0.05) is 15.7 Å². The van der Waals surface area contributed by atoms with Gasteiger partial charge >= 0.3 is 0 Å². The summed E-state index contributed by atoms with van der Waals surface area (Å²) in [6.07, 6.45) is 2.22. The lowest BCUT2D eigenvalue weighted by Crippen LogP contribution is -2.00. The Kier molecular flexibility index (Phi) is 4.33. The van der Waals surface area contributed by atoms with E-state index in [1.54, 1.807) is 18.3 Å². The molecule has 0 spiro atoms. The molecule has 2 rings (SSSR count). The second-order valence-corrected chi connectivity index (χ2v) is 4.93. The Bertz CT molecular complexity index is 575. The van der Waals surface area contributed by atoms with E-state index in [1.807, 2.05) is 18.2 Å². The minimum atomic E-state index is 0.278. The van der Waals surface area contributed by atoms with E-state index in [4.69, 9.17) is 16.3 Å². The second-order valence-electron chi connectivity index (χ2n) is 3.57. The van der Waals surface area contributed by atoms with Gasteiger partial charge in [-0.25, -0.2) is 4.98 Å². The number of halogens is 2. The molecule has 92 valence electrons. The number of rotatable bonds is 4. The first-order valence-corrected chi connectivity index (χ1v) is 6.34. The highest BCUT2D eigenvalue weighted by Crippen LogP contribution is 2.21. The molecule has 0 unspecified atom stereocenters. The molecule has 0 aliphatic rings. The first-order chi connectivity index (χ1) is 8.69. The zero-order chi connectivity index (χ0) is 13.0. The molecular weight excluding hydrogens is 318 g/mol. The molecule has 3 nitrogen and oxygen atoms in total. The smallest absolute Gasteiger partial charge is 0.172 e. The standard InChI is InChI=1S/C13H9BrClNO2/c14-10-5-13(12(7-17)16-6-10)18-8-9-2-1-3-11(15)4-9/h1-7H,8H2. The Morgan fingerprint density at radius 1 is 1.39 bits per heavy atom. The third kappa shape index (κ3) is 3.31. The predicted octanol–water partition coefficient (Wildman–Crippen LogP) is 3.89. The fourth-order valence-electron chi connectivity index (χ4n) is 1.42. The normalized spacial score (nSPS) is 10.1. The van der Waals surface area contributed by atoms with Crippen LogP contribution in [0.3, 0.4) is 0 Å². The maximum absolute atomic E-state index is 10.8. The van der Waals surface area contributed by atoms with Crippen molar-refractivity contribution in [2.75, 3.05) is 0 Å². The van der Waals surface area contributed by atoms with Crippen LogP contribution >= 0.6 is 27.5 Å². The molecule has 0 aliphatic carbocycles. The fourth-order valence-corrected chi connectivity index (χ4v) is 1.95. The molecule has 0 saturated carbocycles. The molecule has 0 amide bonds. The van der Waals surface area contributed by atoms with Gasteiger partial charge in [-0.2, -0.15) is 0 Å². The van der Waals surface area contributed by atoms with E-state index in [9.17, 15) is 4.79 Å². The summed E-state index contributed by atoms with van der Waals surface area (Å²) in [6.45, 7) is 0.333. The van der Waals surface area contributed by atoms with Crippen LogP contribution in [0.2, 0.25) is 5.02 Å². The summed E-state index contributed by atoms with van der Waals surface area (Å²) in [4.78, 5) is 14.8. The average molecular weight is 327 g/mol. The summed E-state index contributed by atoms with van der Waals surface area (Å²) in [7, 11) is 0. The van der Waals surface area contributed by atoms with E-state index in [2.05, 4.69) is 20.9 Å². The Labute approximate surface area is 118 Å². The third-order valence-electron chi connectivity index (χ3n) is 2.24. The lowest BCUT2D eigenvalue weighted by Gasteiger charge is -2.08. The van der Waals surface area contributed by atoms with Crippen LogP contribution in [0.25, 0.3) is 0 Å². The number of carbonyl (C=O) groups is 1. The van der Waals surface area contributed by atoms with E-state index >= 15 is 0 Å². The van der Waals surface area contributed by atoms with Gasteiger partial charge in [-0.05, 0) is 39.7 Å². The first kappa shape index (κ1) is 13.1. The molecule has 1 heterocycles. The van der Waals surface area contributed by atoms with Crippen LogP contribution < -0.4 is 4.74 Å². The summed E-state index contributed by atoms with van der Waals surface area (Å²) in [5.41, 5.74) is 1.21. The van der Waals surface area contributed by atoms with Crippen molar-refractivity contribution in [1.29, 1.82) is 0 Å². The fraction of sp³-hybridized carbons (Fsp3) is 0.0769. The number of pyridine rings is 1. The van der Waals surface area contributed by atoms with Crippen molar-refractivity contribution in [1.82, 2.24) is 4.98 Å². The molecule has 1 aromatic heterocycles. The van der Waals surface area contributed by atoms with Crippen molar-refractivity contribution < 1.29 is 9.53 Å². The molecule has 0 fully saturated rings. The van der Waals surface area contributed by atoms with Crippen LogP contribution in [0.1, 0.15) is 16.1 Å². The summed E-state index contributed by atoms with van der Waals surface area (Å²) < 4.78 is 6.33. The molecule has 0 bridgehead atoms. The van der Waals surface area contributed by atoms with E-state index in [-0.39, 0.29) is 5.69 Å². The summed E-state index contributed by atoms with van der Waals surface area (Å²) >= 11 is 9.16. The third-order valence-corrected chi connectivity index (χ3v) is 2.91. The molecule has 0 radical (unpaired) electrons. The quantitative estimate of drug-likeness (QED) is 0.800. The number of aldehydes is 1. The van der Waals surface area contributed by atoms with Crippen LogP contribution in [-0.2, 0) is 6.61 Å².